The average molecular weight is 183 g/mol. The van der Waals surface area contributed by atoms with E-state index in [0.29, 0.717) is 19.4 Å². The van der Waals surface area contributed by atoms with E-state index in [0.717, 1.165) is 6.42 Å². The van der Waals surface area contributed by atoms with Gasteiger partial charge in [0.25, 0.3) is 0 Å². The monoisotopic (exact) mass is 183 g/mol. The second-order valence-corrected chi connectivity index (χ2v) is 3.61. The highest BCUT2D eigenvalue weighted by atomic mass is 16.3. The Kier molecular flexibility index (Phi) is 2.05. The Morgan fingerprint density at radius 1 is 1.62 bits per heavy atom. The fourth-order valence-electron chi connectivity index (χ4n) is 1.82. The van der Waals surface area contributed by atoms with Gasteiger partial charge in [0.15, 0.2) is 0 Å². The number of hydrogen-bond donors (Lipinski definition) is 2. The number of aliphatic hydroxyl groups is 2. The van der Waals surface area contributed by atoms with Crippen LogP contribution in [0.25, 0.3) is 0 Å². The molecule has 72 valence electrons. The topological polar surface area (TPSA) is 71.2 Å². The zero-order chi connectivity index (χ0) is 9.31. The number of nitrogens with zero attached hydrogens (tertiary/aromatic N) is 3. The highest BCUT2D eigenvalue weighted by Gasteiger charge is 2.40. The smallest absolute Gasteiger partial charge is 0.110 e. The van der Waals surface area contributed by atoms with Crippen LogP contribution in [-0.4, -0.2) is 36.9 Å². The van der Waals surface area contributed by atoms with Crippen LogP contribution in [0.3, 0.4) is 0 Å². The van der Waals surface area contributed by atoms with Crippen LogP contribution < -0.4 is 0 Å². The van der Waals surface area contributed by atoms with Crippen molar-refractivity contribution in [2.24, 2.45) is 0 Å². The van der Waals surface area contributed by atoms with Gasteiger partial charge in [0.1, 0.15) is 5.60 Å². The predicted molar refractivity (Wildman–Crippen MR) is 44.8 cm³/mol. The van der Waals surface area contributed by atoms with Gasteiger partial charge in [-0.3, -0.25) is 0 Å². The molecular weight excluding hydrogens is 170 g/mol. The van der Waals surface area contributed by atoms with Crippen molar-refractivity contribution in [2.45, 2.75) is 37.5 Å². The van der Waals surface area contributed by atoms with Crippen molar-refractivity contribution in [3.63, 3.8) is 0 Å². The molecule has 0 amide bonds. The summed E-state index contributed by atoms with van der Waals surface area (Å²) in [5.41, 5.74) is -1.01. The molecule has 0 spiro atoms. The van der Waals surface area contributed by atoms with Gasteiger partial charge in [0.2, 0.25) is 0 Å². The lowest BCUT2D eigenvalue weighted by molar-refractivity contribution is -0.0663. The van der Waals surface area contributed by atoms with Crippen molar-refractivity contribution < 1.29 is 10.2 Å². The summed E-state index contributed by atoms with van der Waals surface area (Å²) in [6, 6.07) is 0. The number of hydrogen-bond acceptors (Lipinski definition) is 4. The lowest BCUT2D eigenvalue weighted by Crippen LogP contribution is -2.41. The first-order valence-corrected chi connectivity index (χ1v) is 4.45. The van der Waals surface area contributed by atoms with Gasteiger partial charge < -0.3 is 10.2 Å². The van der Waals surface area contributed by atoms with E-state index in [-0.39, 0.29) is 0 Å². The van der Waals surface area contributed by atoms with Gasteiger partial charge >= 0.3 is 0 Å². The van der Waals surface area contributed by atoms with Gasteiger partial charge in [-0.15, -0.1) is 5.10 Å². The Balaban J connectivity index is 2.08. The van der Waals surface area contributed by atoms with Crippen LogP contribution in [0.15, 0.2) is 12.4 Å². The van der Waals surface area contributed by atoms with Crippen molar-refractivity contribution in [2.75, 3.05) is 0 Å². The summed E-state index contributed by atoms with van der Waals surface area (Å²) in [6.45, 7) is 0.328. The molecule has 2 rings (SSSR count). The number of aliphatic hydroxyl groups excluding tert-OH is 1. The fourth-order valence-corrected chi connectivity index (χ4v) is 1.82. The molecule has 2 N–H and O–H groups in total. The van der Waals surface area contributed by atoms with Crippen molar-refractivity contribution >= 4 is 0 Å². The minimum Gasteiger partial charge on any atom is -0.390 e. The van der Waals surface area contributed by atoms with E-state index in [9.17, 15) is 10.2 Å². The predicted octanol–water partition coefficient (Wildman–Crippen LogP) is -0.446. The summed E-state index contributed by atoms with van der Waals surface area (Å²) in [5, 5.41) is 26.9. The third-order valence-electron chi connectivity index (χ3n) is 2.62. The molecule has 13 heavy (non-hydrogen) atoms. The van der Waals surface area contributed by atoms with E-state index in [1.165, 1.54) is 0 Å². The first-order valence-electron chi connectivity index (χ1n) is 4.45. The van der Waals surface area contributed by atoms with Crippen LogP contribution in [0.2, 0.25) is 0 Å². The molecule has 1 aromatic rings. The molecule has 1 fully saturated rings. The first-order chi connectivity index (χ1) is 6.21. The Labute approximate surface area is 76.0 Å². The lowest BCUT2D eigenvalue weighted by atomic mass is 10.0. The molecule has 0 bridgehead atoms. The Hall–Kier alpha value is -0.940. The minimum absolute atomic E-state index is 0.328. The standard InChI is InChI=1S/C8H13N3O2/c12-7-2-1-3-8(7,13)6-11-5-4-9-10-11/h4-5,7,12-13H,1-3,6H2. The van der Waals surface area contributed by atoms with Gasteiger partial charge in [-0.25, -0.2) is 4.68 Å². The van der Waals surface area contributed by atoms with E-state index in [2.05, 4.69) is 10.3 Å². The molecule has 1 aliphatic rings. The largest absolute Gasteiger partial charge is 0.390 e. The van der Waals surface area contributed by atoms with Crippen molar-refractivity contribution in [3.05, 3.63) is 12.4 Å². The summed E-state index contributed by atoms with van der Waals surface area (Å²) in [5.74, 6) is 0. The van der Waals surface area contributed by atoms with Crippen LogP contribution >= 0.6 is 0 Å². The zero-order valence-corrected chi connectivity index (χ0v) is 7.30. The Morgan fingerprint density at radius 2 is 2.46 bits per heavy atom. The van der Waals surface area contributed by atoms with E-state index in [1.807, 2.05) is 0 Å². The maximum absolute atomic E-state index is 9.99. The third-order valence-corrected chi connectivity index (χ3v) is 2.62. The first kappa shape index (κ1) is 8.65. The molecule has 1 heterocycles. The Morgan fingerprint density at radius 3 is 3.00 bits per heavy atom. The molecule has 5 heteroatoms. The average Bonchev–Trinajstić information content (AvgIpc) is 2.65. The normalized spacial score (nSPS) is 33.8. The summed E-state index contributed by atoms with van der Waals surface area (Å²) in [6.07, 6.45) is 4.79. The van der Waals surface area contributed by atoms with Crippen molar-refractivity contribution in [1.82, 2.24) is 15.0 Å². The molecule has 0 radical (unpaired) electrons. The molecular formula is C8H13N3O2. The van der Waals surface area contributed by atoms with E-state index < -0.39 is 11.7 Å². The van der Waals surface area contributed by atoms with Gasteiger partial charge in [-0.2, -0.15) is 0 Å². The maximum atomic E-state index is 9.99. The second-order valence-electron chi connectivity index (χ2n) is 3.61. The quantitative estimate of drug-likeness (QED) is 0.651. The lowest BCUT2D eigenvalue weighted by Gasteiger charge is -2.25. The molecule has 1 saturated carbocycles. The fraction of sp³-hybridized carbons (Fsp3) is 0.750. The molecule has 0 aliphatic heterocycles. The highest BCUT2D eigenvalue weighted by molar-refractivity contribution is 4.92. The second kappa shape index (κ2) is 3.08. The van der Waals surface area contributed by atoms with Gasteiger partial charge in [0.05, 0.1) is 18.8 Å². The molecule has 1 aliphatic carbocycles. The van der Waals surface area contributed by atoms with E-state index in [4.69, 9.17) is 0 Å². The number of aromatic nitrogens is 3. The molecule has 0 aromatic carbocycles. The van der Waals surface area contributed by atoms with Gasteiger partial charge in [-0.05, 0) is 19.3 Å². The van der Waals surface area contributed by atoms with Gasteiger partial charge in [0, 0.05) is 6.20 Å². The van der Waals surface area contributed by atoms with Crippen LogP contribution in [0, 0.1) is 0 Å². The number of rotatable bonds is 2. The molecule has 5 nitrogen and oxygen atoms in total. The SMILES string of the molecule is OC1CCCC1(O)Cn1ccnn1. The van der Waals surface area contributed by atoms with Gasteiger partial charge in [-0.1, -0.05) is 5.21 Å². The van der Waals surface area contributed by atoms with Crippen LogP contribution in [0.4, 0.5) is 0 Å². The summed E-state index contributed by atoms with van der Waals surface area (Å²) < 4.78 is 1.55. The summed E-state index contributed by atoms with van der Waals surface area (Å²) in [4.78, 5) is 0. The van der Waals surface area contributed by atoms with E-state index >= 15 is 0 Å². The Bertz CT molecular complexity index is 275. The van der Waals surface area contributed by atoms with E-state index in [1.54, 1.807) is 17.1 Å². The molecule has 2 atom stereocenters. The minimum atomic E-state index is -1.01. The highest BCUT2D eigenvalue weighted by Crippen LogP contribution is 2.31. The van der Waals surface area contributed by atoms with Crippen LogP contribution in [-0.2, 0) is 6.54 Å². The summed E-state index contributed by atoms with van der Waals surface area (Å²) >= 11 is 0. The maximum Gasteiger partial charge on any atom is 0.110 e. The molecule has 2 unspecified atom stereocenters. The van der Waals surface area contributed by atoms with Crippen LogP contribution in [0.1, 0.15) is 19.3 Å². The zero-order valence-electron chi connectivity index (χ0n) is 7.30. The molecule has 0 saturated heterocycles. The van der Waals surface area contributed by atoms with Crippen molar-refractivity contribution in [3.8, 4) is 0 Å². The third kappa shape index (κ3) is 1.57. The summed E-state index contributed by atoms with van der Waals surface area (Å²) in [7, 11) is 0. The van der Waals surface area contributed by atoms with Crippen LogP contribution in [0.5, 0.6) is 0 Å². The van der Waals surface area contributed by atoms with Crippen molar-refractivity contribution in [1.29, 1.82) is 0 Å². The molecule has 1 aromatic heterocycles.